The van der Waals surface area contributed by atoms with Gasteiger partial charge >= 0.3 is 0 Å². The van der Waals surface area contributed by atoms with Crippen LogP contribution in [0.4, 0.5) is 0 Å². The summed E-state index contributed by atoms with van der Waals surface area (Å²) in [6.45, 7) is 2.30. The lowest BCUT2D eigenvalue weighted by Gasteiger charge is -2.28. The van der Waals surface area contributed by atoms with Crippen molar-refractivity contribution in [2.75, 3.05) is 11.5 Å². The molecule has 0 spiro atoms. The van der Waals surface area contributed by atoms with Gasteiger partial charge in [-0.1, -0.05) is 41.4 Å². The molecule has 0 N–H and O–H groups in total. The number of aryl methyl sites for hydroxylation is 1. The Kier molecular flexibility index (Phi) is 5.16. The van der Waals surface area contributed by atoms with E-state index in [0.717, 1.165) is 11.1 Å². The van der Waals surface area contributed by atoms with Crippen LogP contribution in [-0.4, -0.2) is 36.8 Å². The smallest absolute Gasteiger partial charge is 0.254 e. The quantitative estimate of drug-likeness (QED) is 0.819. The first-order chi connectivity index (χ1) is 11.8. The molecule has 25 heavy (non-hydrogen) atoms. The van der Waals surface area contributed by atoms with Crippen LogP contribution >= 0.6 is 11.6 Å². The van der Waals surface area contributed by atoms with Crippen molar-refractivity contribution in [3.63, 3.8) is 0 Å². The number of carbonyl (C=O) groups is 1. The number of sulfone groups is 1. The van der Waals surface area contributed by atoms with E-state index in [-0.39, 0.29) is 23.5 Å². The SMILES string of the molecule is Cc1cccc(C(=O)N(Cc2ccc(Cl)cc2)[C@@H]2CCS(=O)(=O)C2)c1. The van der Waals surface area contributed by atoms with E-state index in [1.807, 2.05) is 37.3 Å². The highest BCUT2D eigenvalue weighted by Crippen LogP contribution is 2.23. The maximum absolute atomic E-state index is 13.1. The second kappa shape index (κ2) is 7.18. The van der Waals surface area contributed by atoms with Crippen LogP contribution in [-0.2, 0) is 16.4 Å². The van der Waals surface area contributed by atoms with Crippen LogP contribution in [0.15, 0.2) is 48.5 Å². The van der Waals surface area contributed by atoms with Crippen molar-refractivity contribution in [3.8, 4) is 0 Å². The van der Waals surface area contributed by atoms with Gasteiger partial charge in [0.15, 0.2) is 9.84 Å². The summed E-state index contributed by atoms with van der Waals surface area (Å²) in [6, 6.07) is 14.4. The van der Waals surface area contributed by atoms with E-state index in [0.29, 0.717) is 23.6 Å². The van der Waals surface area contributed by atoms with Crippen LogP contribution in [0.2, 0.25) is 5.02 Å². The van der Waals surface area contributed by atoms with Gasteiger partial charge in [0.1, 0.15) is 0 Å². The van der Waals surface area contributed by atoms with Crippen LogP contribution < -0.4 is 0 Å². The average Bonchev–Trinajstić information content (AvgIpc) is 2.93. The van der Waals surface area contributed by atoms with E-state index >= 15 is 0 Å². The molecule has 4 nitrogen and oxygen atoms in total. The molecule has 0 saturated carbocycles. The lowest BCUT2D eigenvalue weighted by Crippen LogP contribution is -2.40. The Bertz CT molecular complexity index is 878. The normalized spacial score (nSPS) is 18.9. The Morgan fingerprint density at radius 1 is 1.20 bits per heavy atom. The van der Waals surface area contributed by atoms with Gasteiger partial charge in [-0.25, -0.2) is 8.42 Å². The number of amides is 1. The van der Waals surface area contributed by atoms with Gasteiger partial charge in [0.25, 0.3) is 5.91 Å². The first-order valence-electron chi connectivity index (χ1n) is 8.16. The van der Waals surface area contributed by atoms with Gasteiger partial charge in [-0.2, -0.15) is 0 Å². The molecule has 0 radical (unpaired) electrons. The van der Waals surface area contributed by atoms with Crippen molar-refractivity contribution in [3.05, 3.63) is 70.2 Å². The van der Waals surface area contributed by atoms with Gasteiger partial charge in [0.05, 0.1) is 11.5 Å². The third kappa shape index (κ3) is 4.41. The third-order valence-electron chi connectivity index (χ3n) is 4.44. The molecule has 1 fully saturated rings. The zero-order valence-electron chi connectivity index (χ0n) is 14.0. The van der Waals surface area contributed by atoms with E-state index in [1.165, 1.54) is 0 Å². The summed E-state index contributed by atoms with van der Waals surface area (Å²) in [4.78, 5) is 14.8. The summed E-state index contributed by atoms with van der Waals surface area (Å²) in [6.07, 6.45) is 0.480. The molecule has 1 aliphatic rings. The lowest BCUT2D eigenvalue weighted by atomic mass is 10.1. The second-order valence-corrected chi connectivity index (χ2v) is 9.15. The Morgan fingerprint density at radius 2 is 1.92 bits per heavy atom. The second-order valence-electron chi connectivity index (χ2n) is 6.49. The predicted molar refractivity (Wildman–Crippen MR) is 99.6 cm³/mol. The molecule has 132 valence electrons. The fourth-order valence-corrected chi connectivity index (χ4v) is 4.98. The minimum Gasteiger partial charge on any atom is -0.330 e. The molecule has 0 bridgehead atoms. The van der Waals surface area contributed by atoms with E-state index in [4.69, 9.17) is 11.6 Å². The minimum absolute atomic E-state index is 0.0259. The van der Waals surface area contributed by atoms with Crippen molar-refractivity contribution in [2.24, 2.45) is 0 Å². The van der Waals surface area contributed by atoms with Crippen molar-refractivity contribution >= 4 is 27.3 Å². The number of rotatable bonds is 4. The largest absolute Gasteiger partial charge is 0.330 e. The molecule has 2 aromatic carbocycles. The molecule has 1 aliphatic heterocycles. The van der Waals surface area contributed by atoms with Crippen molar-refractivity contribution in [1.82, 2.24) is 4.90 Å². The standard InChI is InChI=1S/C19H20ClNO3S/c1-14-3-2-4-16(11-14)19(22)21(18-9-10-25(23,24)13-18)12-15-5-7-17(20)8-6-15/h2-8,11,18H,9-10,12-13H2,1H3/t18-/m1/s1. The zero-order chi connectivity index (χ0) is 18.0. The summed E-state index contributed by atoms with van der Waals surface area (Å²) in [7, 11) is -3.08. The molecule has 0 aromatic heterocycles. The van der Waals surface area contributed by atoms with Gasteiger partial charge in [-0.3, -0.25) is 4.79 Å². The summed E-state index contributed by atoms with van der Waals surface area (Å²) in [5.74, 6) is 0.0225. The van der Waals surface area contributed by atoms with Crippen molar-refractivity contribution in [1.29, 1.82) is 0 Å². The minimum atomic E-state index is -3.08. The van der Waals surface area contributed by atoms with Gasteiger partial charge in [-0.15, -0.1) is 0 Å². The fraction of sp³-hybridized carbons (Fsp3) is 0.316. The number of hydrogen-bond acceptors (Lipinski definition) is 3. The number of nitrogens with zero attached hydrogens (tertiary/aromatic N) is 1. The van der Waals surface area contributed by atoms with Gasteiger partial charge in [-0.05, 0) is 43.2 Å². The Balaban J connectivity index is 1.91. The monoisotopic (exact) mass is 377 g/mol. The van der Waals surface area contributed by atoms with Gasteiger partial charge in [0, 0.05) is 23.2 Å². The Hall–Kier alpha value is -1.85. The lowest BCUT2D eigenvalue weighted by molar-refractivity contribution is 0.0681. The Morgan fingerprint density at radius 3 is 2.52 bits per heavy atom. The molecule has 1 heterocycles. The van der Waals surface area contributed by atoms with Crippen LogP contribution in [0, 0.1) is 6.92 Å². The first kappa shape index (κ1) is 18.0. The van der Waals surface area contributed by atoms with Crippen LogP contribution in [0.5, 0.6) is 0 Å². The highest BCUT2D eigenvalue weighted by Gasteiger charge is 2.35. The van der Waals surface area contributed by atoms with Crippen molar-refractivity contribution < 1.29 is 13.2 Å². The van der Waals surface area contributed by atoms with E-state index in [9.17, 15) is 13.2 Å². The number of hydrogen-bond donors (Lipinski definition) is 0. The van der Waals surface area contributed by atoms with Crippen LogP contribution in [0.3, 0.4) is 0 Å². The highest BCUT2D eigenvalue weighted by atomic mass is 35.5. The highest BCUT2D eigenvalue weighted by molar-refractivity contribution is 7.91. The van der Waals surface area contributed by atoms with Crippen LogP contribution in [0.25, 0.3) is 0 Å². The molecule has 0 aliphatic carbocycles. The summed E-state index contributed by atoms with van der Waals surface area (Å²) in [5.41, 5.74) is 2.50. The molecule has 2 aromatic rings. The number of carbonyl (C=O) groups excluding carboxylic acids is 1. The zero-order valence-corrected chi connectivity index (χ0v) is 15.6. The Labute approximate surface area is 153 Å². The molecule has 1 atom stereocenters. The van der Waals surface area contributed by atoms with Crippen LogP contribution in [0.1, 0.15) is 27.9 Å². The average molecular weight is 378 g/mol. The maximum atomic E-state index is 13.1. The van der Waals surface area contributed by atoms with E-state index < -0.39 is 9.84 Å². The van der Waals surface area contributed by atoms with Gasteiger partial charge < -0.3 is 4.90 Å². The maximum Gasteiger partial charge on any atom is 0.254 e. The van der Waals surface area contributed by atoms with Crippen molar-refractivity contribution in [2.45, 2.75) is 25.9 Å². The molecular weight excluding hydrogens is 358 g/mol. The summed E-state index contributed by atoms with van der Waals surface area (Å²) >= 11 is 5.93. The predicted octanol–water partition coefficient (Wildman–Crippen LogP) is 3.48. The number of halogens is 1. The molecule has 1 amide bonds. The first-order valence-corrected chi connectivity index (χ1v) is 10.4. The van der Waals surface area contributed by atoms with E-state index in [1.54, 1.807) is 23.1 Å². The topological polar surface area (TPSA) is 54.5 Å². The summed E-state index contributed by atoms with van der Waals surface area (Å²) < 4.78 is 23.8. The molecule has 1 saturated heterocycles. The molecule has 0 unspecified atom stereocenters. The molecular formula is C19H20ClNO3S. The fourth-order valence-electron chi connectivity index (χ4n) is 3.12. The van der Waals surface area contributed by atoms with Gasteiger partial charge in [0.2, 0.25) is 0 Å². The molecule has 6 heteroatoms. The molecule has 3 rings (SSSR count). The number of benzene rings is 2. The summed E-state index contributed by atoms with van der Waals surface area (Å²) in [5, 5.41) is 0.628. The third-order valence-corrected chi connectivity index (χ3v) is 6.44. The van der Waals surface area contributed by atoms with E-state index in [2.05, 4.69) is 0 Å².